The third kappa shape index (κ3) is 3.43. The van der Waals surface area contributed by atoms with E-state index < -0.39 is 6.04 Å². The van der Waals surface area contributed by atoms with E-state index in [0.717, 1.165) is 0 Å². The summed E-state index contributed by atoms with van der Waals surface area (Å²) in [5, 5.41) is 0. The monoisotopic (exact) mass is 230 g/mol. The van der Waals surface area contributed by atoms with Crippen LogP contribution in [0.15, 0.2) is 0 Å². The molecule has 0 aromatic heterocycles. The van der Waals surface area contributed by atoms with Crippen LogP contribution in [0.1, 0.15) is 20.3 Å². The highest BCUT2D eigenvalue weighted by Gasteiger charge is 2.30. The van der Waals surface area contributed by atoms with Crippen molar-refractivity contribution in [2.45, 2.75) is 38.5 Å². The first-order chi connectivity index (χ1) is 7.56. The van der Waals surface area contributed by atoms with Crippen molar-refractivity contribution < 1.29 is 14.3 Å². The first-order valence-corrected chi connectivity index (χ1v) is 5.72. The molecular formula is C11H22N2O3. The quantitative estimate of drug-likeness (QED) is 0.737. The second-order valence-corrected chi connectivity index (χ2v) is 4.37. The Balaban J connectivity index is 2.50. The number of hydrogen-bond donors (Lipinski definition) is 1. The number of morpholine rings is 1. The molecule has 3 unspecified atom stereocenters. The van der Waals surface area contributed by atoms with Gasteiger partial charge in [0.2, 0.25) is 5.91 Å². The number of nitrogens with zero attached hydrogens (tertiary/aromatic N) is 1. The first kappa shape index (κ1) is 13.4. The van der Waals surface area contributed by atoms with E-state index in [1.54, 1.807) is 7.11 Å². The molecular weight excluding hydrogens is 208 g/mol. The molecule has 0 bridgehead atoms. The van der Waals surface area contributed by atoms with Crippen molar-refractivity contribution in [1.29, 1.82) is 0 Å². The Kier molecular flexibility index (Phi) is 5.18. The molecule has 1 fully saturated rings. The maximum absolute atomic E-state index is 12.0. The number of methoxy groups -OCH3 is 1. The molecule has 5 heteroatoms. The van der Waals surface area contributed by atoms with Gasteiger partial charge in [-0.1, -0.05) is 0 Å². The van der Waals surface area contributed by atoms with Gasteiger partial charge in [0.15, 0.2) is 0 Å². The van der Waals surface area contributed by atoms with Crippen molar-refractivity contribution in [2.24, 2.45) is 5.73 Å². The molecule has 0 aromatic rings. The molecule has 0 aliphatic carbocycles. The molecule has 0 aromatic carbocycles. The van der Waals surface area contributed by atoms with Gasteiger partial charge in [-0.05, 0) is 20.3 Å². The lowest BCUT2D eigenvalue weighted by atomic mass is 10.1. The van der Waals surface area contributed by atoms with Crippen LogP contribution in [0.2, 0.25) is 0 Å². The van der Waals surface area contributed by atoms with Crippen LogP contribution in [0.3, 0.4) is 0 Å². The lowest BCUT2D eigenvalue weighted by Gasteiger charge is -2.38. The Bertz CT molecular complexity index is 235. The van der Waals surface area contributed by atoms with Crippen LogP contribution >= 0.6 is 0 Å². The van der Waals surface area contributed by atoms with E-state index in [9.17, 15) is 4.79 Å². The maximum Gasteiger partial charge on any atom is 0.239 e. The zero-order valence-electron chi connectivity index (χ0n) is 10.3. The largest absolute Gasteiger partial charge is 0.385 e. The molecule has 5 nitrogen and oxygen atoms in total. The lowest BCUT2D eigenvalue weighted by Crippen LogP contribution is -2.55. The second-order valence-electron chi connectivity index (χ2n) is 4.37. The van der Waals surface area contributed by atoms with Crippen LogP contribution in [-0.4, -0.2) is 55.9 Å². The van der Waals surface area contributed by atoms with Gasteiger partial charge in [-0.15, -0.1) is 0 Å². The summed E-state index contributed by atoms with van der Waals surface area (Å²) in [6, 6.07) is -0.356. The number of hydrogen-bond acceptors (Lipinski definition) is 4. The number of carbonyl (C=O) groups is 1. The predicted octanol–water partition coefficient (Wildman–Crippen LogP) is -0.0140. The number of amides is 1. The van der Waals surface area contributed by atoms with E-state index >= 15 is 0 Å². The molecule has 1 saturated heterocycles. The zero-order valence-corrected chi connectivity index (χ0v) is 10.3. The van der Waals surface area contributed by atoms with Gasteiger partial charge in [0.25, 0.3) is 0 Å². The van der Waals surface area contributed by atoms with E-state index in [-0.39, 0.29) is 18.1 Å². The summed E-state index contributed by atoms with van der Waals surface area (Å²) in [7, 11) is 1.61. The standard InChI is InChI=1S/C11H22N2O3/c1-8-7-16-9(2)6-13(8)11(14)10(12)4-5-15-3/h8-10H,4-7,12H2,1-3H3. The van der Waals surface area contributed by atoms with E-state index in [1.165, 1.54) is 0 Å². The molecule has 0 radical (unpaired) electrons. The highest BCUT2D eigenvalue weighted by molar-refractivity contribution is 5.82. The average Bonchev–Trinajstić information content (AvgIpc) is 2.28. The minimum atomic E-state index is -0.465. The first-order valence-electron chi connectivity index (χ1n) is 5.72. The van der Waals surface area contributed by atoms with Crippen LogP contribution in [0.25, 0.3) is 0 Å². The number of rotatable bonds is 4. The minimum absolute atomic E-state index is 0.000278. The van der Waals surface area contributed by atoms with Crippen LogP contribution in [-0.2, 0) is 14.3 Å². The SMILES string of the molecule is COCCC(N)C(=O)N1CC(C)OCC1C. The molecule has 3 atom stereocenters. The summed E-state index contributed by atoms with van der Waals surface area (Å²) < 4.78 is 10.4. The van der Waals surface area contributed by atoms with E-state index in [0.29, 0.717) is 26.2 Å². The molecule has 1 aliphatic heterocycles. The van der Waals surface area contributed by atoms with Gasteiger partial charge in [-0.3, -0.25) is 4.79 Å². The number of ether oxygens (including phenoxy) is 2. The van der Waals surface area contributed by atoms with Crippen molar-refractivity contribution in [2.75, 3.05) is 26.9 Å². The fourth-order valence-corrected chi connectivity index (χ4v) is 1.79. The number of nitrogens with two attached hydrogens (primary N) is 1. The van der Waals surface area contributed by atoms with Gasteiger partial charge in [0.05, 0.1) is 24.8 Å². The summed E-state index contributed by atoms with van der Waals surface area (Å²) >= 11 is 0. The van der Waals surface area contributed by atoms with Gasteiger partial charge in [-0.2, -0.15) is 0 Å². The molecule has 0 spiro atoms. The van der Waals surface area contributed by atoms with Crippen molar-refractivity contribution >= 4 is 5.91 Å². The molecule has 0 saturated carbocycles. The van der Waals surface area contributed by atoms with Crippen molar-refractivity contribution in [3.63, 3.8) is 0 Å². The molecule has 94 valence electrons. The molecule has 1 heterocycles. The normalized spacial score (nSPS) is 27.9. The lowest BCUT2D eigenvalue weighted by molar-refractivity contribution is -0.145. The van der Waals surface area contributed by atoms with Gasteiger partial charge >= 0.3 is 0 Å². The van der Waals surface area contributed by atoms with E-state index in [1.807, 2.05) is 18.7 Å². The summed E-state index contributed by atoms with van der Waals surface area (Å²) in [4.78, 5) is 13.9. The zero-order chi connectivity index (χ0) is 12.1. The molecule has 2 N–H and O–H groups in total. The summed E-state index contributed by atoms with van der Waals surface area (Å²) in [6.07, 6.45) is 0.656. The van der Waals surface area contributed by atoms with Gasteiger partial charge in [-0.25, -0.2) is 0 Å². The minimum Gasteiger partial charge on any atom is -0.385 e. The number of carbonyl (C=O) groups excluding carboxylic acids is 1. The van der Waals surface area contributed by atoms with E-state index in [4.69, 9.17) is 15.2 Å². The summed E-state index contributed by atoms with van der Waals surface area (Å²) in [5.41, 5.74) is 5.83. The summed E-state index contributed by atoms with van der Waals surface area (Å²) in [5.74, 6) is -0.000278. The second kappa shape index (κ2) is 6.18. The maximum atomic E-state index is 12.0. The van der Waals surface area contributed by atoms with Crippen LogP contribution in [0.5, 0.6) is 0 Å². The smallest absolute Gasteiger partial charge is 0.239 e. The molecule has 1 aliphatic rings. The highest BCUT2D eigenvalue weighted by Crippen LogP contribution is 2.13. The Morgan fingerprint density at radius 3 is 2.94 bits per heavy atom. The van der Waals surface area contributed by atoms with Gasteiger partial charge < -0.3 is 20.1 Å². The van der Waals surface area contributed by atoms with Crippen molar-refractivity contribution in [1.82, 2.24) is 4.90 Å². The Labute approximate surface area is 96.9 Å². The van der Waals surface area contributed by atoms with Crippen molar-refractivity contribution in [3.8, 4) is 0 Å². The third-order valence-electron chi connectivity index (χ3n) is 2.84. The highest BCUT2D eigenvalue weighted by atomic mass is 16.5. The van der Waals surface area contributed by atoms with Crippen LogP contribution in [0, 0.1) is 0 Å². The van der Waals surface area contributed by atoms with Crippen LogP contribution < -0.4 is 5.73 Å². The van der Waals surface area contributed by atoms with Crippen LogP contribution in [0.4, 0.5) is 0 Å². The third-order valence-corrected chi connectivity index (χ3v) is 2.84. The molecule has 1 amide bonds. The fourth-order valence-electron chi connectivity index (χ4n) is 1.79. The fraction of sp³-hybridized carbons (Fsp3) is 0.909. The molecule has 1 rings (SSSR count). The Morgan fingerprint density at radius 2 is 2.31 bits per heavy atom. The predicted molar refractivity (Wildman–Crippen MR) is 61.1 cm³/mol. The van der Waals surface area contributed by atoms with Gasteiger partial charge in [0, 0.05) is 20.3 Å². The topological polar surface area (TPSA) is 64.8 Å². The summed E-state index contributed by atoms with van der Waals surface area (Å²) in [6.45, 7) is 5.67. The Hall–Kier alpha value is -0.650. The van der Waals surface area contributed by atoms with Gasteiger partial charge in [0.1, 0.15) is 0 Å². The average molecular weight is 230 g/mol. The Morgan fingerprint density at radius 1 is 1.62 bits per heavy atom. The van der Waals surface area contributed by atoms with Crippen molar-refractivity contribution in [3.05, 3.63) is 0 Å². The molecule has 16 heavy (non-hydrogen) atoms. The van der Waals surface area contributed by atoms with E-state index in [2.05, 4.69) is 0 Å².